The third-order valence-electron chi connectivity index (χ3n) is 4.93. The molecule has 0 fully saturated rings. The van der Waals surface area contributed by atoms with E-state index in [4.69, 9.17) is 0 Å². The van der Waals surface area contributed by atoms with Crippen LogP contribution in [0.25, 0.3) is 5.57 Å². The molecular formula is C19H23BrO2. The topological polar surface area (TPSA) is 40.5 Å². The predicted molar refractivity (Wildman–Crippen MR) is 93.7 cm³/mol. The third-order valence-corrected chi connectivity index (χ3v) is 5.43. The number of allylic oxidation sites excluding steroid dienone is 3. The zero-order valence-corrected chi connectivity index (χ0v) is 14.5. The molecule has 3 atom stereocenters. The number of rotatable bonds is 2. The van der Waals surface area contributed by atoms with Gasteiger partial charge in [0.2, 0.25) is 0 Å². The summed E-state index contributed by atoms with van der Waals surface area (Å²) in [6.07, 6.45) is 8.27. The normalized spacial score (nSPS) is 31.7. The lowest BCUT2D eigenvalue weighted by Gasteiger charge is -2.22. The van der Waals surface area contributed by atoms with E-state index in [1.807, 2.05) is 12.1 Å². The van der Waals surface area contributed by atoms with Crippen molar-refractivity contribution in [3.05, 3.63) is 51.7 Å². The van der Waals surface area contributed by atoms with Gasteiger partial charge in [-0.1, -0.05) is 41.1 Å². The monoisotopic (exact) mass is 362 g/mol. The molecule has 2 N–H and O–H groups in total. The fourth-order valence-corrected chi connectivity index (χ4v) is 4.06. The molecule has 0 radical (unpaired) electrons. The van der Waals surface area contributed by atoms with E-state index >= 15 is 0 Å². The van der Waals surface area contributed by atoms with Crippen LogP contribution in [0.4, 0.5) is 0 Å². The summed E-state index contributed by atoms with van der Waals surface area (Å²) in [5.74, 6) is 1.18. The first kappa shape index (κ1) is 15.8. The van der Waals surface area contributed by atoms with Gasteiger partial charge >= 0.3 is 0 Å². The number of halogens is 1. The number of aliphatic hydroxyl groups excluding tert-OH is 2. The predicted octanol–water partition coefficient (Wildman–Crippen LogP) is 5.02. The van der Waals surface area contributed by atoms with E-state index in [0.717, 1.165) is 34.9 Å². The van der Waals surface area contributed by atoms with Crippen molar-refractivity contribution in [2.45, 2.75) is 45.1 Å². The van der Waals surface area contributed by atoms with Gasteiger partial charge in [-0.25, -0.2) is 0 Å². The Balaban J connectivity index is 2.08. The average Bonchev–Trinajstić information content (AvgIpc) is 2.58. The second-order valence-corrected chi connectivity index (χ2v) is 7.37. The number of fused-ring (bicyclic) bond motifs is 4. The van der Waals surface area contributed by atoms with Crippen LogP contribution in [0.15, 0.2) is 40.6 Å². The van der Waals surface area contributed by atoms with Gasteiger partial charge in [-0.2, -0.15) is 0 Å². The summed E-state index contributed by atoms with van der Waals surface area (Å²) in [4.78, 5) is 0. The molecule has 22 heavy (non-hydrogen) atoms. The molecule has 0 saturated heterocycles. The molecule has 0 aliphatic heterocycles. The zero-order valence-electron chi connectivity index (χ0n) is 12.9. The number of aliphatic hydroxyl groups is 2. The highest BCUT2D eigenvalue weighted by Gasteiger charge is 2.28. The van der Waals surface area contributed by atoms with Crippen molar-refractivity contribution in [3.63, 3.8) is 0 Å². The van der Waals surface area contributed by atoms with Gasteiger partial charge in [0, 0.05) is 16.5 Å². The minimum Gasteiger partial charge on any atom is -0.512 e. The maximum atomic E-state index is 10.8. The van der Waals surface area contributed by atoms with Crippen LogP contribution in [0, 0.1) is 11.8 Å². The molecule has 0 aromatic heterocycles. The Morgan fingerprint density at radius 1 is 1.18 bits per heavy atom. The molecule has 3 aliphatic rings. The van der Waals surface area contributed by atoms with Crippen molar-refractivity contribution >= 4 is 21.5 Å². The molecule has 1 aromatic carbocycles. The van der Waals surface area contributed by atoms with E-state index in [2.05, 4.69) is 41.1 Å². The molecule has 0 saturated carbocycles. The van der Waals surface area contributed by atoms with Crippen molar-refractivity contribution in [2.75, 3.05) is 0 Å². The van der Waals surface area contributed by atoms with E-state index in [-0.39, 0.29) is 0 Å². The Morgan fingerprint density at radius 3 is 2.59 bits per heavy atom. The maximum absolute atomic E-state index is 10.8. The van der Waals surface area contributed by atoms with E-state index in [1.165, 1.54) is 5.56 Å². The third kappa shape index (κ3) is 3.16. The molecule has 3 heteroatoms. The molecule has 3 aliphatic carbocycles. The quantitative estimate of drug-likeness (QED) is 0.725. The number of aryl methyl sites for hydroxylation is 1. The van der Waals surface area contributed by atoms with Crippen molar-refractivity contribution in [1.29, 1.82) is 0 Å². The number of benzene rings is 1. The summed E-state index contributed by atoms with van der Waals surface area (Å²) in [7, 11) is 0. The molecule has 4 rings (SSSR count). The highest BCUT2D eigenvalue weighted by atomic mass is 79.9. The zero-order chi connectivity index (χ0) is 15.7. The first-order valence-electron chi connectivity index (χ1n) is 8.15. The lowest BCUT2D eigenvalue weighted by Crippen LogP contribution is -2.17. The summed E-state index contributed by atoms with van der Waals surface area (Å²) in [6, 6.07) is 6.12. The Morgan fingerprint density at radius 2 is 1.91 bits per heavy atom. The van der Waals surface area contributed by atoms with Crippen LogP contribution in [0.2, 0.25) is 0 Å². The van der Waals surface area contributed by atoms with Crippen LogP contribution < -0.4 is 0 Å². The molecule has 1 aromatic rings. The first-order chi connectivity index (χ1) is 10.6. The highest BCUT2D eigenvalue weighted by molar-refractivity contribution is 9.10. The summed E-state index contributed by atoms with van der Waals surface area (Å²) in [5.41, 5.74) is 2.89. The van der Waals surface area contributed by atoms with Crippen molar-refractivity contribution in [3.8, 4) is 0 Å². The van der Waals surface area contributed by atoms with Gasteiger partial charge in [0.15, 0.2) is 0 Å². The lowest BCUT2D eigenvalue weighted by molar-refractivity contribution is 0.199. The van der Waals surface area contributed by atoms with Crippen molar-refractivity contribution in [1.82, 2.24) is 0 Å². The largest absolute Gasteiger partial charge is 0.512 e. The SMILES string of the molecule is CCc1ccc(Br)cc1/C1=C(\O)C[C@H]2C=C[C@H](CC2)CC1O. The minimum atomic E-state index is -0.605. The molecule has 0 spiro atoms. The van der Waals surface area contributed by atoms with Gasteiger partial charge in [0.05, 0.1) is 11.9 Å². The molecular weight excluding hydrogens is 340 g/mol. The Hall–Kier alpha value is -1.06. The lowest BCUT2D eigenvalue weighted by atomic mass is 9.85. The summed E-state index contributed by atoms with van der Waals surface area (Å²) < 4.78 is 0.980. The van der Waals surface area contributed by atoms with Crippen LogP contribution in [-0.2, 0) is 6.42 Å². The Labute approximate surface area is 140 Å². The van der Waals surface area contributed by atoms with Gasteiger partial charge in [0.1, 0.15) is 0 Å². The molecule has 118 valence electrons. The van der Waals surface area contributed by atoms with Crippen LogP contribution >= 0.6 is 15.9 Å². The fraction of sp³-hybridized carbons (Fsp3) is 0.474. The minimum absolute atomic E-state index is 0.359. The van der Waals surface area contributed by atoms with E-state index in [0.29, 0.717) is 30.4 Å². The fourth-order valence-electron chi connectivity index (χ4n) is 3.70. The van der Waals surface area contributed by atoms with Crippen molar-refractivity contribution < 1.29 is 10.2 Å². The number of hydrogen-bond acceptors (Lipinski definition) is 2. The maximum Gasteiger partial charge on any atom is 0.0992 e. The molecule has 0 amide bonds. The Bertz CT molecular complexity index is 618. The van der Waals surface area contributed by atoms with Crippen LogP contribution in [0.1, 0.15) is 43.7 Å². The highest BCUT2D eigenvalue weighted by Crippen LogP contribution is 2.38. The summed E-state index contributed by atoms with van der Waals surface area (Å²) in [5, 5.41) is 21.5. The Kier molecular flexibility index (Phi) is 4.74. The van der Waals surface area contributed by atoms with Gasteiger partial charge in [-0.3, -0.25) is 0 Å². The van der Waals surface area contributed by atoms with Gasteiger partial charge in [0.25, 0.3) is 0 Å². The van der Waals surface area contributed by atoms with Gasteiger partial charge in [-0.05, 0) is 60.8 Å². The molecule has 1 unspecified atom stereocenters. The number of hydrogen-bond donors (Lipinski definition) is 2. The average molecular weight is 363 g/mol. The molecule has 2 bridgehead atoms. The van der Waals surface area contributed by atoms with E-state index < -0.39 is 6.10 Å². The first-order valence-corrected chi connectivity index (χ1v) is 8.95. The second-order valence-electron chi connectivity index (χ2n) is 6.45. The van der Waals surface area contributed by atoms with E-state index in [9.17, 15) is 10.2 Å². The van der Waals surface area contributed by atoms with Gasteiger partial charge < -0.3 is 10.2 Å². The standard InChI is InChI=1S/C19H23BrO2/c1-2-14-7-8-15(20)11-16(14)19-17(21)9-12-3-4-13(6-5-12)10-18(19)22/h3-4,7-8,11-13,17,21-22H,2,5-6,9-10H2,1H3/b19-18+/t12-,13+,17?/m1/s1. The molecule has 2 nitrogen and oxygen atoms in total. The second kappa shape index (κ2) is 6.59. The summed E-state index contributed by atoms with van der Waals surface area (Å²) >= 11 is 3.52. The van der Waals surface area contributed by atoms with Crippen LogP contribution in [0.5, 0.6) is 0 Å². The van der Waals surface area contributed by atoms with E-state index in [1.54, 1.807) is 0 Å². The smallest absolute Gasteiger partial charge is 0.0992 e. The summed E-state index contributed by atoms with van der Waals surface area (Å²) in [6.45, 7) is 2.11. The van der Waals surface area contributed by atoms with Crippen molar-refractivity contribution in [2.24, 2.45) is 11.8 Å². The molecule has 0 heterocycles. The van der Waals surface area contributed by atoms with Crippen LogP contribution in [0.3, 0.4) is 0 Å². The van der Waals surface area contributed by atoms with Gasteiger partial charge in [-0.15, -0.1) is 0 Å². The van der Waals surface area contributed by atoms with Crippen LogP contribution in [-0.4, -0.2) is 16.3 Å².